The molecule has 0 heterocycles. The van der Waals surface area contributed by atoms with Gasteiger partial charge in [0.05, 0.1) is 11.3 Å². The summed E-state index contributed by atoms with van der Waals surface area (Å²) in [5.74, 6) is -1.37. The Balaban J connectivity index is 2.28. The Labute approximate surface area is 134 Å². The number of para-hydroxylation sites is 1. The fraction of sp³-hybridized carbons (Fsp3) is 0. The van der Waals surface area contributed by atoms with Gasteiger partial charge in [0, 0.05) is 10.0 Å². The smallest absolute Gasteiger partial charge is 0.259 e. The third kappa shape index (κ3) is 3.32. The van der Waals surface area contributed by atoms with Crippen LogP contribution in [-0.4, -0.2) is 21.1 Å². The van der Waals surface area contributed by atoms with Gasteiger partial charge in [0.1, 0.15) is 4.99 Å². The highest BCUT2D eigenvalue weighted by Crippen LogP contribution is 2.30. The van der Waals surface area contributed by atoms with Crippen LogP contribution in [0.1, 0.15) is 15.9 Å². The molecule has 0 unspecified atom stereocenters. The number of rotatable bonds is 3. The molecule has 7 heteroatoms. The Morgan fingerprint density at radius 2 is 1.95 bits per heavy atom. The number of carbonyl (C=O) groups excluding carboxylic acids is 1. The van der Waals surface area contributed by atoms with E-state index in [0.717, 1.165) is 0 Å². The maximum atomic E-state index is 12.1. The van der Waals surface area contributed by atoms with Gasteiger partial charge in [-0.3, -0.25) is 4.79 Å². The van der Waals surface area contributed by atoms with Crippen molar-refractivity contribution in [3.05, 3.63) is 52.0 Å². The molecule has 2 rings (SSSR count). The summed E-state index contributed by atoms with van der Waals surface area (Å²) in [6.07, 6.45) is 0. The Bertz CT molecular complexity index is 734. The van der Waals surface area contributed by atoms with E-state index < -0.39 is 11.7 Å². The van der Waals surface area contributed by atoms with Gasteiger partial charge in [-0.05, 0) is 46.3 Å². The van der Waals surface area contributed by atoms with Crippen LogP contribution in [0.3, 0.4) is 0 Å². The summed E-state index contributed by atoms with van der Waals surface area (Å²) in [6, 6.07) is 9.15. The van der Waals surface area contributed by atoms with E-state index in [1.807, 2.05) is 0 Å². The molecule has 0 fully saturated rings. The molecule has 5 nitrogen and oxygen atoms in total. The minimum absolute atomic E-state index is 0.0275. The van der Waals surface area contributed by atoms with Gasteiger partial charge in [0.2, 0.25) is 0 Å². The molecular weight excluding hydrogens is 356 g/mol. The zero-order valence-corrected chi connectivity index (χ0v) is 13.0. The quantitative estimate of drug-likeness (QED) is 0.494. The molecule has 0 aromatic heterocycles. The van der Waals surface area contributed by atoms with E-state index in [9.17, 15) is 15.0 Å². The number of phenols is 2. The highest BCUT2D eigenvalue weighted by Gasteiger charge is 2.15. The summed E-state index contributed by atoms with van der Waals surface area (Å²) in [5.41, 5.74) is 6.65. The fourth-order valence-electron chi connectivity index (χ4n) is 1.67. The molecule has 108 valence electrons. The number of benzene rings is 2. The number of carbonyl (C=O) groups is 1. The molecule has 0 aliphatic heterocycles. The molecule has 2 aromatic rings. The molecule has 0 saturated heterocycles. The molecule has 0 aliphatic rings. The topological polar surface area (TPSA) is 95.6 Å². The molecule has 1 amide bonds. The first kappa shape index (κ1) is 15.3. The van der Waals surface area contributed by atoms with Crippen molar-refractivity contribution in [3.8, 4) is 11.5 Å². The first-order valence-corrected chi connectivity index (χ1v) is 7.02. The van der Waals surface area contributed by atoms with Crippen LogP contribution in [-0.2, 0) is 0 Å². The highest BCUT2D eigenvalue weighted by atomic mass is 79.9. The minimum atomic E-state index is -0.549. The van der Waals surface area contributed by atoms with Crippen molar-refractivity contribution in [2.24, 2.45) is 5.73 Å². The van der Waals surface area contributed by atoms with Crippen molar-refractivity contribution < 1.29 is 15.0 Å². The Morgan fingerprint density at radius 3 is 2.57 bits per heavy atom. The first-order chi connectivity index (χ1) is 9.90. The van der Waals surface area contributed by atoms with E-state index in [0.29, 0.717) is 15.7 Å². The van der Waals surface area contributed by atoms with Gasteiger partial charge in [-0.2, -0.15) is 0 Å². The van der Waals surface area contributed by atoms with Crippen LogP contribution in [0, 0.1) is 0 Å². The fourth-order valence-corrected chi connectivity index (χ4v) is 2.28. The second-order valence-electron chi connectivity index (χ2n) is 4.19. The number of anilines is 1. The van der Waals surface area contributed by atoms with Crippen molar-refractivity contribution in [2.75, 3.05) is 5.32 Å². The van der Waals surface area contributed by atoms with E-state index in [2.05, 4.69) is 21.2 Å². The first-order valence-electron chi connectivity index (χ1n) is 5.82. The van der Waals surface area contributed by atoms with Gasteiger partial charge in [0.15, 0.2) is 11.5 Å². The number of thiocarbonyl (C=S) groups is 1. The number of phenolic OH excluding ortho intramolecular Hbond substituents is 2. The van der Waals surface area contributed by atoms with Crippen molar-refractivity contribution in [1.29, 1.82) is 0 Å². The van der Waals surface area contributed by atoms with Crippen molar-refractivity contribution in [2.45, 2.75) is 0 Å². The van der Waals surface area contributed by atoms with Gasteiger partial charge >= 0.3 is 0 Å². The average molecular weight is 367 g/mol. The number of aromatic hydroxyl groups is 2. The molecule has 0 saturated carbocycles. The number of amides is 1. The normalized spacial score (nSPS) is 10.1. The number of hydrogen-bond acceptors (Lipinski definition) is 4. The summed E-state index contributed by atoms with van der Waals surface area (Å²) in [4.78, 5) is 12.4. The van der Waals surface area contributed by atoms with E-state index in [1.165, 1.54) is 18.2 Å². The summed E-state index contributed by atoms with van der Waals surface area (Å²) in [6.45, 7) is 0. The molecule has 0 aliphatic carbocycles. The molecule has 0 bridgehead atoms. The predicted octanol–water partition coefficient (Wildman–Crippen LogP) is 2.75. The summed E-state index contributed by atoms with van der Waals surface area (Å²) >= 11 is 8.18. The largest absolute Gasteiger partial charge is 0.504 e. The van der Waals surface area contributed by atoms with E-state index >= 15 is 0 Å². The van der Waals surface area contributed by atoms with E-state index in [1.54, 1.807) is 18.2 Å². The van der Waals surface area contributed by atoms with Crippen LogP contribution in [0.5, 0.6) is 11.5 Å². The van der Waals surface area contributed by atoms with Gasteiger partial charge < -0.3 is 21.3 Å². The monoisotopic (exact) mass is 366 g/mol. The van der Waals surface area contributed by atoms with Crippen molar-refractivity contribution in [3.63, 3.8) is 0 Å². The molecular formula is C14H11BrN2O3S. The lowest BCUT2D eigenvalue weighted by molar-refractivity contribution is 0.102. The standard InChI is InChI=1S/C14H11BrN2O3S/c15-9-6-7(13(16)21)4-5-10(9)17-14(20)8-2-1-3-11(18)12(8)19/h1-6,18-19H,(H2,16,21)(H,17,20). The Hall–Kier alpha value is -2.12. The summed E-state index contributed by atoms with van der Waals surface area (Å²) < 4.78 is 0.598. The van der Waals surface area contributed by atoms with Gasteiger partial charge in [-0.15, -0.1) is 0 Å². The molecule has 5 N–H and O–H groups in total. The third-order valence-electron chi connectivity index (χ3n) is 2.76. The maximum absolute atomic E-state index is 12.1. The minimum Gasteiger partial charge on any atom is -0.504 e. The van der Waals surface area contributed by atoms with E-state index in [-0.39, 0.29) is 16.3 Å². The Morgan fingerprint density at radius 1 is 1.24 bits per heavy atom. The average Bonchev–Trinajstić information content (AvgIpc) is 2.43. The molecule has 21 heavy (non-hydrogen) atoms. The zero-order valence-electron chi connectivity index (χ0n) is 10.6. The predicted molar refractivity (Wildman–Crippen MR) is 87.8 cm³/mol. The van der Waals surface area contributed by atoms with Crippen LogP contribution < -0.4 is 11.1 Å². The summed E-state index contributed by atoms with van der Waals surface area (Å²) in [7, 11) is 0. The number of nitrogens with one attached hydrogen (secondary N) is 1. The molecule has 0 atom stereocenters. The lowest BCUT2D eigenvalue weighted by atomic mass is 10.1. The lowest BCUT2D eigenvalue weighted by Crippen LogP contribution is -2.13. The lowest BCUT2D eigenvalue weighted by Gasteiger charge is -2.10. The van der Waals surface area contributed by atoms with Gasteiger partial charge in [-0.25, -0.2) is 0 Å². The van der Waals surface area contributed by atoms with Crippen LogP contribution in [0.15, 0.2) is 40.9 Å². The van der Waals surface area contributed by atoms with Crippen molar-refractivity contribution in [1.82, 2.24) is 0 Å². The summed E-state index contributed by atoms with van der Waals surface area (Å²) in [5, 5.41) is 21.7. The SMILES string of the molecule is NC(=S)c1ccc(NC(=O)c2cccc(O)c2O)c(Br)c1. The molecule has 0 spiro atoms. The van der Waals surface area contributed by atoms with Crippen molar-refractivity contribution >= 4 is 44.7 Å². The third-order valence-corrected chi connectivity index (χ3v) is 3.65. The van der Waals surface area contributed by atoms with Gasteiger partial charge in [0.25, 0.3) is 5.91 Å². The highest BCUT2D eigenvalue weighted by molar-refractivity contribution is 9.10. The van der Waals surface area contributed by atoms with Crippen LogP contribution in [0.4, 0.5) is 5.69 Å². The second-order valence-corrected chi connectivity index (χ2v) is 5.48. The zero-order chi connectivity index (χ0) is 15.6. The number of halogens is 1. The Kier molecular flexibility index (Phi) is 4.44. The van der Waals surface area contributed by atoms with Crippen LogP contribution in [0.2, 0.25) is 0 Å². The second kappa shape index (κ2) is 6.11. The number of nitrogens with two attached hydrogens (primary N) is 1. The van der Waals surface area contributed by atoms with Gasteiger partial charge in [-0.1, -0.05) is 18.3 Å². The van der Waals surface area contributed by atoms with Crippen LogP contribution in [0.25, 0.3) is 0 Å². The maximum Gasteiger partial charge on any atom is 0.259 e. The molecule has 2 aromatic carbocycles. The van der Waals surface area contributed by atoms with Crippen LogP contribution >= 0.6 is 28.1 Å². The molecule has 0 radical (unpaired) electrons. The van der Waals surface area contributed by atoms with E-state index in [4.69, 9.17) is 18.0 Å². The number of hydrogen-bond donors (Lipinski definition) is 4.